The second kappa shape index (κ2) is 9.51. The minimum absolute atomic E-state index is 0.0952. The van der Waals surface area contributed by atoms with Crippen LogP contribution in [0.25, 0.3) is 0 Å². The first-order valence-electron chi connectivity index (χ1n) is 10.2. The van der Waals surface area contributed by atoms with E-state index in [9.17, 15) is 13.2 Å². The zero-order valence-corrected chi connectivity index (χ0v) is 19.0. The van der Waals surface area contributed by atoms with Crippen LogP contribution in [0.4, 0.5) is 5.13 Å². The Morgan fingerprint density at radius 1 is 1.13 bits per heavy atom. The van der Waals surface area contributed by atoms with Crippen LogP contribution < -0.4 is 9.64 Å². The van der Waals surface area contributed by atoms with Gasteiger partial charge in [0.15, 0.2) is 5.13 Å². The maximum absolute atomic E-state index is 13.4. The maximum Gasteiger partial charge on any atom is 0.257 e. The maximum atomic E-state index is 13.4. The summed E-state index contributed by atoms with van der Waals surface area (Å²) in [6, 6.07) is 4.49. The third-order valence-corrected chi connectivity index (χ3v) is 8.21. The smallest absolute Gasteiger partial charge is 0.257 e. The van der Waals surface area contributed by atoms with Crippen LogP contribution in [0.5, 0.6) is 5.75 Å². The largest absolute Gasteiger partial charge is 0.496 e. The van der Waals surface area contributed by atoms with Crippen LogP contribution in [-0.4, -0.2) is 88.1 Å². The van der Waals surface area contributed by atoms with Crippen molar-refractivity contribution in [1.29, 1.82) is 0 Å². The summed E-state index contributed by atoms with van der Waals surface area (Å²) in [5.41, 5.74) is 0.263. The van der Waals surface area contributed by atoms with Crippen molar-refractivity contribution in [3.63, 3.8) is 0 Å². The summed E-state index contributed by atoms with van der Waals surface area (Å²) in [4.78, 5) is 21.8. The molecule has 2 fully saturated rings. The van der Waals surface area contributed by atoms with Gasteiger partial charge in [0, 0.05) is 50.8 Å². The molecule has 0 radical (unpaired) electrons. The van der Waals surface area contributed by atoms with E-state index in [1.54, 1.807) is 28.5 Å². The number of methoxy groups -OCH3 is 1. The van der Waals surface area contributed by atoms with Crippen LogP contribution in [0, 0.1) is 0 Å². The molecule has 2 aliphatic heterocycles. The number of nitrogens with zero attached hydrogens (tertiary/aromatic N) is 4. The molecule has 0 aliphatic carbocycles. The molecule has 4 rings (SSSR count). The van der Waals surface area contributed by atoms with Gasteiger partial charge in [0.1, 0.15) is 5.75 Å². The lowest BCUT2D eigenvalue weighted by Crippen LogP contribution is -2.40. The van der Waals surface area contributed by atoms with Crippen molar-refractivity contribution in [3.05, 3.63) is 35.3 Å². The Hall–Kier alpha value is -2.21. The molecule has 3 heterocycles. The molecule has 31 heavy (non-hydrogen) atoms. The van der Waals surface area contributed by atoms with Gasteiger partial charge in [-0.1, -0.05) is 0 Å². The van der Waals surface area contributed by atoms with Crippen molar-refractivity contribution < 1.29 is 22.7 Å². The highest BCUT2D eigenvalue weighted by Gasteiger charge is 2.29. The van der Waals surface area contributed by atoms with Gasteiger partial charge >= 0.3 is 0 Å². The van der Waals surface area contributed by atoms with Crippen molar-refractivity contribution in [1.82, 2.24) is 14.2 Å². The first-order chi connectivity index (χ1) is 15.0. The van der Waals surface area contributed by atoms with E-state index >= 15 is 0 Å². The molecule has 2 aromatic rings. The second-order valence-corrected chi connectivity index (χ2v) is 10.1. The first-order valence-corrected chi connectivity index (χ1v) is 12.5. The highest BCUT2D eigenvalue weighted by molar-refractivity contribution is 7.89. The van der Waals surface area contributed by atoms with Crippen LogP contribution in [0.3, 0.4) is 0 Å². The fourth-order valence-corrected chi connectivity index (χ4v) is 5.94. The van der Waals surface area contributed by atoms with E-state index in [1.807, 2.05) is 5.38 Å². The monoisotopic (exact) mass is 466 g/mol. The third kappa shape index (κ3) is 4.69. The molecule has 168 valence electrons. The Labute approximate surface area is 186 Å². The average molecular weight is 467 g/mol. The number of anilines is 1. The molecule has 0 N–H and O–H groups in total. The molecule has 9 nitrogen and oxygen atoms in total. The van der Waals surface area contributed by atoms with Gasteiger partial charge in [-0.25, -0.2) is 13.4 Å². The van der Waals surface area contributed by atoms with Crippen molar-refractivity contribution in [2.24, 2.45) is 0 Å². The number of morpholine rings is 1. The number of carbonyl (C=O) groups excluding carboxylic acids is 1. The van der Waals surface area contributed by atoms with Gasteiger partial charge in [-0.3, -0.25) is 4.79 Å². The molecule has 0 unspecified atom stereocenters. The van der Waals surface area contributed by atoms with Crippen LogP contribution in [0.2, 0.25) is 0 Å². The number of thiazole rings is 1. The first kappa shape index (κ1) is 22.0. The van der Waals surface area contributed by atoms with Crippen molar-refractivity contribution in [2.45, 2.75) is 11.3 Å². The van der Waals surface area contributed by atoms with Gasteiger partial charge in [-0.15, -0.1) is 11.3 Å². The Morgan fingerprint density at radius 3 is 2.65 bits per heavy atom. The van der Waals surface area contributed by atoms with E-state index in [0.29, 0.717) is 51.7 Å². The zero-order valence-electron chi connectivity index (χ0n) is 17.4. The zero-order chi connectivity index (χ0) is 21.8. The molecule has 2 aliphatic rings. The summed E-state index contributed by atoms with van der Waals surface area (Å²) < 4.78 is 38.2. The summed E-state index contributed by atoms with van der Waals surface area (Å²) in [6.45, 7) is 3.95. The molecule has 1 amide bonds. The number of hydrogen-bond donors (Lipinski definition) is 0. The fourth-order valence-electron chi connectivity index (χ4n) is 3.80. The van der Waals surface area contributed by atoms with Gasteiger partial charge in [0.05, 0.1) is 30.8 Å². The average Bonchev–Trinajstić information content (AvgIpc) is 3.23. The van der Waals surface area contributed by atoms with Crippen LogP contribution in [0.15, 0.2) is 34.7 Å². The molecule has 11 heteroatoms. The lowest BCUT2D eigenvalue weighted by molar-refractivity contribution is 0.0729. The van der Waals surface area contributed by atoms with Gasteiger partial charge < -0.3 is 19.3 Å². The van der Waals surface area contributed by atoms with Crippen LogP contribution in [0.1, 0.15) is 16.8 Å². The predicted molar refractivity (Wildman–Crippen MR) is 117 cm³/mol. The number of benzene rings is 1. The molecule has 0 bridgehead atoms. The molecule has 1 aromatic heterocycles. The molecule has 1 aromatic carbocycles. The SMILES string of the molecule is COc1ccc(S(=O)(=O)N2CCOCC2)cc1C(=O)N1CCCN(c2nccs2)CC1. The van der Waals surface area contributed by atoms with Gasteiger partial charge in [-0.2, -0.15) is 4.31 Å². The highest BCUT2D eigenvalue weighted by atomic mass is 32.2. The molecule has 2 saturated heterocycles. The fraction of sp³-hybridized carbons (Fsp3) is 0.500. The summed E-state index contributed by atoms with van der Waals surface area (Å²) in [5.74, 6) is 0.142. The number of ether oxygens (including phenoxy) is 2. The highest BCUT2D eigenvalue weighted by Crippen LogP contribution is 2.27. The van der Waals surface area contributed by atoms with Crippen molar-refractivity contribution >= 4 is 32.4 Å². The Balaban J connectivity index is 1.56. The summed E-state index contributed by atoms with van der Waals surface area (Å²) in [7, 11) is -2.23. The predicted octanol–water partition coefficient (Wildman–Crippen LogP) is 1.53. The van der Waals surface area contributed by atoms with Gasteiger partial charge in [-0.05, 0) is 24.6 Å². The minimum Gasteiger partial charge on any atom is -0.496 e. The number of carbonyl (C=O) groups is 1. The van der Waals surface area contributed by atoms with E-state index < -0.39 is 10.0 Å². The van der Waals surface area contributed by atoms with Crippen LogP contribution >= 0.6 is 11.3 Å². The van der Waals surface area contributed by atoms with E-state index in [4.69, 9.17) is 9.47 Å². The van der Waals surface area contributed by atoms with Crippen molar-refractivity contribution in [3.8, 4) is 5.75 Å². The number of aromatic nitrogens is 1. The normalized spacial score (nSPS) is 18.6. The van der Waals surface area contributed by atoms with E-state index in [1.165, 1.54) is 23.5 Å². The van der Waals surface area contributed by atoms with E-state index in [-0.39, 0.29) is 16.4 Å². The number of sulfonamides is 1. The molecule has 0 saturated carbocycles. The Kier molecular flexibility index (Phi) is 6.75. The van der Waals surface area contributed by atoms with Crippen LogP contribution in [-0.2, 0) is 14.8 Å². The summed E-state index contributed by atoms with van der Waals surface area (Å²) in [6.07, 6.45) is 2.58. The van der Waals surface area contributed by atoms with Gasteiger partial charge in [0.25, 0.3) is 5.91 Å². The number of hydrogen-bond acceptors (Lipinski definition) is 8. The topological polar surface area (TPSA) is 92.3 Å². The third-order valence-electron chi connectivity index (χ3n) is 5.48. The molecule has 0 atom stereocenters. The minimum atomic E-state index is -3.71. The Bertz CT molecular complexity index is 1010. The number of amides is 1. The molecule has 0 spiro atoms. The van der Waals surface area contributed by atoms with E-state index in [0.717, 1.165) is 18.1 Å². The lowest BCUT2D eigenvalue weighted by Gasteiger charge is -2.27. The number of rotatable bonds is 5. The summed E-state index contributed by atoms with van der Waals surface area (Å²) in [5, 5.41) is 2.89. The lowest BCUT2D eigenvalue weighted by atomic mass is 10.1. The molecular weight excluding hydrogens is 440 g/mol. The van der Waals surface area contributed by atoms with Crippen molar-refractivity contribution in [2.75, 3.05) is 64.5 Å². The van der Waals surface area contributed by atoms with E-state index in [2.05, 4.69) is 9.88 Å². The summed E-state index contributed by atoms with van der Waals surface area (Å²) >= 11 is 1.58. The van der Waals surface area contributed by atoms with Gasteiger partial charge in [0.2, 0.25) is 10.0 Å². The Morgan fingerprint density at radius 2 is 1.94 bits per heavy atom. The second-order valence-electron chi connectivity index (χ2n) is 7.33. The quantitative estimate of drug-likeness (QED) is 0.660. The molecular formula is C20H26N4O5S2. The standard InChI is InChI=1S/C20H26N4O5S2/c1-28-18-4-3-16(31(26,27)24-10-12-29-13-11-24)15-17(18)19(25)22-6-2-7-23(9-8-22)20-21-5-14-30-20/h3-5,14-15H,2,6-13H2,1H3.